The van der Waals surface area contributed by atoms with Gasteiger partial charge in [-0.3, -0.25) is 0 Å². The molecule has 0 radical (unpaired) electrons. The first-order chi connectivity index (χ1) is 8.95. The van der Waals surface area contributed by atoms with Crippen LogP contribution < -0.4 is 10.0 Å². The number of aromatic nitrogens is 1. The van der Waals surface area contributed by atoms with Crippen molar-refractivity contribution in [3.05, 3.63) is 18.0 Å². The second kappa shape index (κ2) is 7.67. The van der Waals surface area contributed by atoms with E-state index in [-0.39, 0.29) is 0 Å². The summed E-state index contributed by atoms with van der Waals surface area (Å²) in [6.07, 6.45) is 4.54. The number of rotatable bonds is 9. The van der Waals surface area contributed by atoms with Crippen LogP contribution in [0.5, 0.6) is 0 Å². The zero-order chi connectivity index (χ0) is 14.3. The number of hydrogen-bond acceptors (Lipinski definition) is 3. The molecule has 0 aliphatic carbocycles. The maximum atomic E-state index is 12.0. The standard InChI is InChI=1S/C13H25N3O2S/c1-4-5-6-7-16-19(17,18)13-8-12(15-10-13)9-14-11(2)3/h8,10-11,14-16H,4-7,9H2,1-3H3. The van der Waals surface area contributed by atoms with Crippen molar-refractivity contribution in [1.82, 2.24) is 15.0 Å². The fourth-order valence-electron chi connectivity index (χ4n) is 1.66. The summed E-state index contributed by atoms with van der Waals surface area (Å²) in [5, 5.41) is 3.24. The number of hydrogen-bond donors (Lipinski definition) is 3. The molecule has 5 nitrogen and oxygen atoms in total. The van der Waals surface area contributed by atoms with Gasteiger partial charge in [-0.2, -0.15) is 0 Å². The lowest BCUT2D eigenvalue weighted by molar-refractivity contribution is 0.575. The molecule has 3 N–H and O–H groups in total. The minimum atomic E-state index is -3.37. The lowest BCUT2D eigenvalue weighted by Crippen LogP contribution is -2.24. The molecule has 0 saturated heterocycles. The summed E-state index contributed by atoms with van der Waals surface area (Å²) in [5.41, 5.74) is 0.877. The number of sulfonamides is 1. The van der Waals surface area contributed by atoms with Gasteiger partial charge in [0.2, 0.25) is 10.0 Å². The van der Waals surface area contributed by atoms with Crippen molar-refractivity contribution in [2.75, 3.05) is 6.54 Å². The first-order valence-corrected chi connectivity index (χ1v) is 8.34. The SMILES string of the molecule is CCCCCNS(=O)(=O)c1c[nH]c(CNC(C)C)c1. The van der Waals surface area contributed by atoms with E-state index in [2.05, 4.69) is 35.8 Å². The van der Waals surface area contributed by atoms with Gasteiger partial charge in [0.15, 0.2) is 0 Å². The van der Waals surface area contributed by atoms with Crippen LogP contribution in [0, 0.1) is 0 Å². The van der Waals surface area contributed by atoms with Gasteiger partial charge in [-0.1, -0.05) is 33.6 Å². The Balaban J connectivity index is 2.53. The Hall–Kier alpha value is -0.850. The lowest BCUT2D eigenvalue weighted by Gasteiger charge is -2.05. The van der Waals surface area contributed by atoms with E-state index in [0.717, 1.165) is 25.0 Å². The van der Waals surface area contributed by atoms with Crippen molar-refractivity contribution >= 4 is 10.0 Å². The minimum Gasteiger partial charge on any atom is -0.363 e. The molecule has 110 valence electrons. The summed E-state index contributed by atoms with van der Waals surface area (Å²) < 4.78 is 26.6. The molecule has 0 fully saturated rings. The highest BCUT2D eigenvalue weighted by atomic mass is 32.2. The molecular formula is C13H25N3O2S. The normalized spacial score (nSPS) is 12.2. The van der Waals surface area contributed by atoms with Crippen molar-refractivity contribution in [3.8, 4) is 0 Å². The lowest BCUT2D eigenvalue weighted by atomic mass is 10.3. The molecule has 0 spiro atoms. The molecule has 1 rings (SSSR count). The van der Waals surface area contributed by atoms with Gasteiger partial charge in [-0.15, -0.1) is 0 Å². The van der Waals surface area contributed by atoms with Gasteiger partial charge in [-0.05, 0) is 12.5 Å². The van der Waals surface area contributed by atoms with E-state index in [1.807, 2.05) is 0 Å². The number of H-pyrrole nitrogens is 1. The van der Waals surface area contributed by atoms with Crippen LogP contribution in [0.2, 0.25) is 0 Å². The molecule has 1 aromatic rings. The smallest absolute Gasteiger partial charge is 0.242 e. The fourth-order valence-corrected chi connectivity index (χ4v) is 2.75. The van der Waals surface area contributed by atoms with Gasteiger partial charge in [0, 0.05) is 31.0 Å². The molecular weight excluding hydrogens is 262 g/mol. The van der Waals surface area contributed by atoms with E-state index in [9.17, 15) is 8.42 Å². The Morgan fingerprint density at radius 1 is 1.32 bits per heavy atom. The van der Waals surface area contributed by atoms with Crippen molar-refractivity contribution in [1.29, 1.82) is 0 Å². The van der Waals surface area contributed by atoms with E-state index in [1.165, 1.54) is 0 Å². The van der Waals surface area contributed by atoms with Gasteiger partial charge in [0.25, 0.3) is 0 Å². The summed E-state index contributed by atoms with van der Waals surface area (Å²) in [4.78, 5) is 3.30. The molecule has 0 unspecified atom stereocenters. The minimum absolute atomic E-state index is 0.310. The van der Waals surface area contributed by atoms with Gasteiger partial charge < -0.3 is 10.3 Å². The van der Waals surface area contributed by atoms with Crippen molar-refractivity contribution in [2.24, 2.45) is 0 Å². The monoisotopic (exact) mass is 287 g/mol. The Kier molecular flexibility index (Phi) is 6.54. The molecule has 0 aromatic carbocycles. The summed E-state index contributed by atoms with van der Waals surface area (Å²) >= 11 is 0. The van der Waals surface area contributed by atoms with Crippen LogP contribution in [0.15, 0.2) is 17.2 Å². The molecule has 1 aromatic heterocycles. The molecule has 0 bridgehead atoms. The largest absolute Gasteiger partial charge is 0.363 e. The highest BCUT2D eigenvalue weighted by molar-refractivity contribution is 7.89. The molecule has 0 aliphatic heterocycles. The van der Waals surface area contributed by atoms with E-state index in [0.29, 0.717) is 24.0 Å². The second-order valence-corrected chi connectivity index (χ2v) is 6.77. The third kappa shape index (κ3) is 5.76. The molecule has 0 amide bonds. The summed E-state index contributed by atoms with van der Waals surface area (Å²) in [6.45, 7) is 7.34. The maximum Gasteiger partial charge on any atom is 0.242 e. The Labute approximate surface area is 116 Å². The highest BCUT2D eigenvalue weighted by Gasteiger charge is 2.15. The van der Waals surface area contributed by atoms with E-state index in [1.54, 1.807) is 12.3 Å². The van der Waals surface area contributed by atoms with E-state index >= 15 is 0 Å². The van der Waals surface area contributed by atoms with Crippen LogP contribution in [0.25, 0.3) is 0 Å². The zero-order valence-electron chi connectivity index (χ0n) is 12.0. The summed E-state index contributed by atoms with van der Waals surface area (Å²) in [5.74, 6) is 0. The summed E-state index contributed by atoms with van der Waals surface area (Å²) in [6, 6.07) is 2.05. The van der Waals surface area contributed by atoms with Crippen molar-refractivity contribution < 1.29 is 8.42 Å². The highest BCUT2D eigenvalue weighted by Crippen LogP contribution is 2.10. The maximum absolute atomic E-state index is 12.0. The Morgan fingerprint density at radius 2 is 2.05 bits per heavy atom. The first kappa shape index (κ1) is 16.2. The number of unbranched alkanes of at least 4 members (excludes halogenated alkanes) is 2. The predicted molar refractivity (Wildman–Crippen MR) is 77.5 cm³/mol. The van der Waals surface area contributed by atoms with Crippen molar-refractivity contribution in [2.45, 2.75) is 57.5 Å². The number of aromatic amines is 1. The average Bonchev–Trinajstić information content (AvgIpc) is 2.82. The van der Waals surface area contributed by atoms with E-state index in [4.69, 9.17) is 0 Å². The van der Waals surface area contributed by atoms with Gasteiger partial charge in [-0.25, -0.2) is 13.1 Å². The predicted octanol–water partition coefficient (Wildman–Crippen LogP) is 1.98. The van der Waals surface area contributed by atoms with Crippen LogP contribution in [0.1, 0.15) is 45.7 Å². The molecule has 19 heavy (non-hydrogen) atoms. The van der Waals surface area contributed by atoms with Crippen LogP contribution >= 0.6 is 0 Å². The van der Waals surface area contributed by atoms with Gasteiger partial charge in [0.1, 0.15) is 0 Å². The Morgan fingerprint density at radius 3 is 2.68 bits per heavy atom. The molecule has 0 saturated carbocycles. The third-order valence-corrected chi connectivity index (χ3v) is 4.24. The first-order valence-electron chi connectivity index (χ1n) is 6.86. The molecule has 0 atom stereocenters. The topological polar surface area (TPSA) is 74.0 Å². The van der Waals surface area contributed by atoms with Crippen molar-refractivity contribution in [3.63, 3.8) is 0 Å². The van der Waals surface area contributed by atoms with E-state index < -0.39 is 10.0 Å². The quantitative estimate of drug-likeness (QED) is 0.608. The molecule has 1 heterocycles. The second-order valence-electron chi connectivity index (χ2n) is 5.00. The Bertz CT molecular complexity index is 466. The van der Waals surface area contributed by atoms with Crippen LogP contribution in [-0.4, -0.2) is 26.0 Å². The fraction of sp³-hybridized carbons (Fsp3) is 0.692. The number of nitrogens with one attached hydrogen (secondary N) is 3. The molecule has 0 aliphatic rings. The average molecular weight is 287 g/mol. The van der Waals surface area contributed by atoms with Gasteiger partial charge in [0.05, 0.1) is 4.90 Å². The summed E-state index contributed by atoms with van der Waals surface area (Å²) in [7, 11) is -3.37. The molecule has 6 heteroatoms. The van der Waals surface area contributed by atoms with Gasteiger partial charge >= 0.3 is 0 Å². The third-order valence-electron chi connectivity index (χ3n) is 2.80. The van der Waals surface area contributed by atoms with Crippen LogP contribution in [0.3, 0.4) is 0 Å². The van der Waals surface area contributed by atoms with Crippen LogP contribution in [0.4, 0.5) is 0 Å². The zero-order valence-corrected chi connectivity index (χ0v) is 12.8. The van der Waals surface area contributed by atoms with Crippen LogP contribution in [-0.2, 0) is 16.6 Å².